The van der Waals surface area contributed by atoms with E-state index in [1.165, 1.54) is 31.5 Å². The number of aromatic nitrogens is 1. The number of nitrogens with zero attached hydrogens (tertiary/aromatic N) is 1. The van der Waals surface area contributed by atoms with Crippen molar-refractivity contribution in [2.75, 3.05) is 19.6 Å². The molecule has 4 nitrogen and oxygen atoms in total. The van der Waals surface area contributed by atoms with E-state index in [0.717, 1.165) is 29.6 Å². The van der Waals surface area contributed by atoms with E-state index >= 15 is 0 Å². The molecule has 1 fully saturated rings. The number of aryl methyl sites for hydroxylation is 1. The minimum absolute atomic E-state index is 0.406. The lowest BCUT2D eigenvalue weighted by atomic mass is 10.1. The van der Waals surface area contributed by atoms with Crippen LogP contribution in [-0.4, -0.2) is 40.6 Å². The third-order valence-corrected chi connectivity index (χ3v) is 4.18. The second kappa shape index (κ2) is 5.29. The Morgan fingerprint density at radius 3 is 2.80 bits per heavy atom. The first-order valence-electron chi connectivity index (χ1n) is 7.22. The average molecular weight is 272 g/mol. The molecule has 1 aromatic heterocycles. The summed E-state index contributed by atoms with van der Waals surface area (Å²) in [6.07, 6.45) is 3.59. The molecular formula is C16H20N2O2. The SMILES string of the molecule is Cc1[nH]c2ccc(CCN3CCCC3)cc2c1C(=O)O. The van der Waals surface area contributed by atoms with Crippen molar-refractivity contribution in [3.63, 3.8) is 0 Å². The molecule has 2 aromatic rings. The quantitative estimate of drug-likeness (QED) is 0.900. The molecule has 2 N–H and O–H groups in total. The number of benzene rings is 1. The van der Waals surface area contributed by atoms with Gasteiger partial charge >= 0.3 is 5.97 Å². The van der Waals surface area contributed by atoms with Gasteiger partial charge in [-0.25, -0.2) is 4.79 Å². The van der Waals surface area contributed by atoms with Gasteiger partial charge in [0.05, 0.1) is 5.56 Å². The Kier molecular flexibility index (Phi) is 3.49. The number of fused-ring (bicyclic) bond motifs is 1. The molecule has 1 aromatic carbocycles. The molecule has 0 spiro atoms. The molecule has 0 aliphatic carbocycles. The lowest BCUT2D eigenvalue weighted by molar-refractivity contribution is 0.0698. The van der Waals surface area contributed by atoms with Crippen molar-refractivity contribution in [2.45, 2.75) is 26.2 Å². The fourth-order valence-electron chi connectivity index (χ4n) is 3.10. The van der Waals surface area contributed by atoms with Crippen molar-refractivity contribution in [3.05, 3.63) is 35.0 Å². The molecule has 2 heterocycles. The highest BCUT2D eigenvalue weighted by Gasteiger charge is 2.16. The Balaban J connectivity index is 1.85. The van der Waals surface area contributed by atoms with Gasteiger partial charge in [-0.15, -0.1) is 0 Å². The molecule has 3 rings (SSSR count). The highest BCUT2D eigenvalue weighted by molar-refractivity contribution is 6.04. The summed E-state index contributed by atoms with van der Waals surface area (Å²) < 4.78 is 0. The third-order valence-electron chi connectivity index (χ3n) is 4.18. The van der Waals surface area contributed by atoms with Crippen LogP contribution in [-0.2, 0) is 6.42 Å². The van der Waals surface area contributed by atoms with Gasteiger partial charge in [0, 0.05) is 23.1 Å². The van der Waals surface area contributed by atoms with Gasteiger partial charge in [0.1, 0.15) is 0 Å². The summed E-state index contributed by atoms with van der Waals surface area (Å²) in [6.45, 7) is 5.28. The minimum Gasteiger partial charge on any atom is -0.478 e. The Labute approximate surface area is 118 Å². The number of carboxylic acids is 1. The Hall–Kier alpha value is -1.81. The third kappa shape index (κ3) is 2.43. The zero-order valence-electron chi connectivity index (χ0n) is 11.8. The summed E-state index contributed by atoms with van der Waals surface area (Å²) in [5, 5.41) is 10.1. The van der Waals surface area contributed by atoms with Crippen molar-refractivity contribution in [1.82, 2.24) is 9.88 Å². The van der Waals surface area contributed by atoms with Crippen LogP contribution in [0, 0.1) is 6.92 Å². The van der Waals surface area contributed by atoms with Gasteiger partial charge in [-0.3, -0.25) is 0 Å². The first kappa shape index (κ1) is 13.2. The number of nitrogens with one attached hydrogen (secondary N) is 1. The zero-order chi connectivity index (χ0) is 14.1. The average Bonchev–Trinajstić information content (AvgIpc) is 3.01. The summed E-state index contributed by atoms with van der Waals surface area (Å²) in [4.78, 5) is 17.0. The number of hydrogen-bond acceptors (Lipinski definition) is 2. The van der Waals surface area contributed by atoms with Gasteiger partial charge in [-0.2, -0.15) is 0 Å². The molecule has 0 unspecified atom stereocenters. The summed E-state index contributed by atoms with van der Waals surface area (Å²) in [5.74, 6) is -0.856. The molecule has 0 amide bonds. The number of aromatic amines is 1. The summed E-state index contributed by atoms with van der Waals surface area (Å²) in [6, 6.07) is 6.12. The molecule has 1 saturated heterocycles. The number of hydrogen-bond donors (Lipinski definition) is 2. The molecule has 0 saturated carbocycles. The van der Waals surface area contributed by atoms with Crippen LogP contribution in [0.1, 0.15) is 34.5 Å². The molecule has 4 heteroatoms. The first-order chi connectivity index (χ1) is 9.65. The van der Waals surface area contributed by atoms with Gasteiger partial charge in [0.25, 0.3) is 0 Å². The van der Waals surface area contributed by atoms with E-state index in [1.807, 2.05) is 19.1 Å². The number of carbonyl (C=O) groups is 1. The predicted molar refractivity (Wildman–Crippen MR) is 79.4 cm³/mol. The van der Waals surface area contributed by atoms with E-state index < -0.39 is 5.97 Å². The molecule has 106 valence electrons. The molecule has 0 bridgehead atoms. The number of H-pyrrole nitrogens is 1. The normalized spacial score (nSPS) is 16.1. The van der Waals surface area contributed by atoms with Gasteiger partial charge in [0.15, 0.2) is 0 Å². The second-order valence-corrected chi connectivity index (χ2v) is 5.61. The van der Waals surface area contributed by atoms with E-state index in [9.17, 15) is 9.90 Å². The highest BCUT2D eigenvalue weighted by atomic mass is 16.4. The van der Waals surface area contributed by atoms with Crippen molar-refractivity contribution in [3.8, 4) is 0 Å². The van der Waals surface area contributed by atoms with Crippen LogP contribution in [0.5, 0.6) is 0 Å². The van der Waals surface area contributed by atoms with Crippen molar-refractivity contribution >= 4 is 16.9 Å². The maximum absolute atomic E-state index is 11.3. The van der Waals surface area contributed by atoms with Gasteiger partial charge in [0.2, 0.25) is 0 Å². The van der Waals surface area contributed by atoms with Crippen LogP contribution < -0.4 is 0 Å². The van der Waals surface area contributed by atoms with Crippen molar-refractivity contribution in [1.29, 1.82) is 0 Å². The smallest absolute Gasteiger partial charge is 0.338 e. The van der Waals surface area contributed by atoms with Crippen LogP contribution >= 0.6 is 0 Å². The highest BCUT2D eigenvalue weighted by Crippen LogP contribution is 2.24. The van der Waals surface area contributed by atoms with Gasteiger partial charge < -0.3 is 15.0 Å². The maximum atomic E-state index is 11.3. The molecule has 20 heavy (non-hydrogen) atoms. The van der Waals surface area contributed by atoms with Gasteiger partial charge in [-0.1, -0.05) is 6.07 Å². The topological polar surface area (TPSA) is 56.3 Å². The van der Waals surface area contributed by atoms with E-state index in [4.69, 9.17) is 0 Å². The van der Waals surface area contributed by atoms with E-state index in [1.54, 1.807) is 0 Å². The number of rotatable bonds is 4. The summed E-state index contributed by atoms with van der Waals surface area (Å²) >= 11 is 0. The van der Waals surface area contributed by atoms with Crippen LogP contribution in [0.15, 0.2) is 18.2 Å². The Morgan fingerprint density at radius 2 is 2.10 bits per heavy atom. The largest absolute Gasteiger partial charge is 0.478 e. The zero-order valence-corrected chi connectivity index (χ0v) is 11.8. The lowest BCUT2D eigenvalue weighted by Gasteiger charge is -2.14. The first-order valence-corrected chi connectivity index (χ1v) is 7.22. The van der Waals surface area contributed by atoms with E-state index in [2.05, 4.69) is 16.0 Å². The van der Waals surface area contributed by atoms with Crippen LogP contribution in [0.3, 0.4) is 0 Å². The van der Waals surface area contributed by atoms with Gasteiger partial charge in [-0.05, 0) is 57.0 Å². The van der Waals surface area contributed by atoms with Crippen LogP contribution in [0.25, 0.3) is 10.9 Å². The lowest BCUT2D eigenvalue weighted by Crippen LogP contribution is -2.21. The molecular weight excluding hydrogens is 252 g/mol. The number of likely N-dealkylation sites (tertiary alicyclic amines) is 1. The standard InChI is InChI=1S/C16H20N2O2/c1-11-15(16(19)20)13-10-12(4-5-14(13)17-11)6-9-18-7-2-3-8-18/h4-5,10,17H,2-3,6-9H2,1H3,(H,19,20). The number of aromatic carboxylic acids is 1. The fourth-order valence-corrected chi connectivity index (χ4v) is 3.10. The van der Waals surface area contributed by atoms with Crippen molar-refractivity contribution in [2.24, 2.45) is 0 Å². The molecule has 1 aliphatic heterocycles. The second-order valence-electron chi connectivity index (χ2n) is 5.61. The van der Waals surface area contributed by atoms with E-state index in [-0.39, 0.29) is 0 Å². The van der Waals surface area contributed by atoms with Crippen LogP contribution in [0.2, 0.25) is 0 Å². The monoisotopic (exact) mass is 272 g/mol. The Bertz CT molecular complexity index is 639. The summed E-state index contributed by atoms with van der Waals surface area (Å²) in [7, 11) is 0. The predicted octanol–water partition coefficient (Wildman–Crippen LogP) is 2.81. The summed E-state index contributed by atoms with van der Waals surface area (Å²) in [5.41, 5.74) is 3.25. The molecule has 0 radical (unpaired) electrons. The van der Waals surface area contributed by atoms with E-state index in [0.29, 0.717) is 5.56 Å². The molecule has 1 aliphatic rings. The maximum Gasteiger partial charge on any atom is 0.338 e. The van der Waals surface area contributed by atoms with Crippen LogP contribution in [0.4, 0.5) is 0 Å². The molecule has 0 atom stereocenters. The van der Waals surface area contributed by atoms with Crippen molar-refractivity contribution < 1.29 is 9.90 Å². The fraction of sp³-hybridized carbons (Fsp3) is 0.438. The minimum atomic E-state index is -0.856. The Morgan fingerprint density at radius 1 is 1.35 bits per heavy atom. The number of carboxylic acid groups (broad SMARTS) is 1.